The van der Waals surface area contributed by atoms with Crippen LogP contribution in [-0.4, -0.2) is 46.8 Å². The van der Waals surface area contributed by atoms with Crippen molar-refractivity contribution in [1.82, 2.24) is 9.80 Å². The zero-order chi connectivity index (χ0) is 18.8. The normalized spacial score (nSPS) is 18.3. The third kappa shape index (κ3) is 4.08. The lowest BCUT2D eigenvalue weighted by atomic mass is 9.98. The number of carbonyl (C=O) groups is 2. The standard InChI is InChI=1S/C21H29FN2O2/c1-4-20(25)23-9-7-19(8-10-23)24(18-5-6-18)21(26)16-11-15(14(2)3)12-17(22)13-16/h11-14,18-19H,4-10H2,1-3H3. The molecule has 1 saturated carbocycles. The van der Waals surface area contributed by atoms with Crippen molar-refractivity contribution in [2.75, 3.05) is 13.1 Å². The minimum Gasteiger partial charge on any atom is -0.343 e. The van der Waals surface area contributed by atoms with Crippen LogP contribution in [0.1, 0.15) is 74.7 Å². The number of likely N-dealkylation sites (tertiary alicyclic amines) is 1. The maximum Gasteiger partial charge on any atom is 0.254 e. The van der Waals surface area contributed by atoms with Crippen molar-refractivity contribution < 1.29 is 14.0 Å². The summed E-state index contributed by atoms with van der Waals surface area (Å²) in [6, 6.07) is 5.12. The molecule has 0 unspecified atom stereocenters. The molecule has 1 aromatic rings. The smallest absolute Gasteiger partial charge is 0.254 e. The van der Waals surface area contributed by atoms with Crippen molar-refractivity contribution in [2.45, 2.75) is 70.9 Å². The molecule has 2 amide bonds. The van der Waals surface area contributed by atoms with Gasteiger partial charge >= 0.3 is 0 Å². The molecular formula is C21H29FN2O2. The Balaban J connectivity index is 1.77. The largest absolute Gasteiger partial charge is 0.343 e. The second-order valence-electron chi connectivity index (χ2n) is 7.84. The van der Waals surface area contributed by atoms with E-state index in [1.54, 1.807) is 0 Å². The highest BCUT2D eigenvalue weighted by atomic mass is 19.1. The Hall–Kier alpha value is -1.91. The maximum atomic E-state index is 14.0. The number of amides is 2. The molecule has 1 aromatic carbocycles. The van der Waals surface area contributed by atoms with Crippen LogP contribution < -0.4 is 0 Å². The molecule has 1 aliphatic heterocycles. The molecule has 0 bridgehead atoms. The topological polar surface area (TPSA) is 40.6 Å². The Bertz CT molecular complexity index is 677. The van der Waals surface area contributed by atoms with Gasteiger partial charge in [-0.3, -0.25) is 9.59 Å². The predicted molar refractivity (Wildman–Crippen MR) is 99.6 cm³/mol. The van der Waals surface area contributed by atoms with Crippen LogP contribution in [0.25, 0.3) is 0 Å². The zero-order valence-electron chi connectivity index (χ0n) is 16.0. The van der Waals surface area contributed by atoms with E-state index in [0.29, 0.717) is 25.1 Å². The fraction of sp³-hybridized carbons (Fsp3) is 0.619. The summed E-state index contributed by atoms with van der Waals surface area (Å²) in [5.74, 6) is -0.0535. The molecule has 0 radical (unpaired) electrons. The van der Waals surface area contributed by atoms with E-state index in [9.17, 15) is 14.0 Å². The van der Waals surface area contributed by atoms with Crippen molar-refractivity contribution in [3.8, 4) is 0 Å². The lowest BCUT2D eigenvalue weighted by Crippen LogP contribution is -2.49. The van der Waals surface area contributed by atoms with E-state index in [-0.39, 0.29) is 35.6 Å². The first kappa shape index (κ1) is 18.9. The van der Waals surface area contributed by atoms with Gasteiger partial charge in [0.2, 0.25) is 5.91 Å². The van der Waals surface area contributed by atoms with Crippen LogP contribution in [0.3, 0.4) is 0 Å². The number of rotatable bonds is 5. The average molecular weight is 360 g/mol. The van der Waals surface area contributed by atoms with Crippen molar-refractivity contribution in [2.24, 2.45) is 0 Å². The zero-order valence-corrected chi connectivity index (χ0v) is 16.0. The Morgan fingerprint density at radius 1 is 1.12 bits per heavy atom. The Kier molecular flexibility index (Phi) is 5.64. The third-order valence-electron chi connectivity index (χ3n) is 5.52. The lowest BCUT2D eigenvalue weighted by Gasteiger charge is -2.39. The van der Waals surface area contributed by atoms with Gasteiger partial charge in [-0.15, -0.1) is 0 Å². The van der Waals surface area contributed by atoms with Crippen LogP contribution in [0.2, 0.25) is 0 Å². The lowest BCUT2D eigenvalue weighted by molar-refractivity contribution is -0.132. The molecule has 4 nitrogen and oxygen atoms in total. The molecule has 3 rings (SSSR count). The van der Waals surface area contributed by atoms with Gasteiger partial charge in [0.15, 0.2) is 0 Å². The SMILES string of the molecule is CCC(=O)N1CCC(N(C(=O)c2cc(F)cc(C(C)C)c2)C2CC2)CC1. The average Bonchev–Trinajstić information content (AvgIpc) is 3.46. The van der Waals surface area contributed by atoms with Crippen LogP contribution in [0, 0.1) is 5.82 Å². The summed E-state index contributed by atoms with van der Waals surface area (Å²) in [7, 11) is 0. The minimum absolute atomic E-state index is 0.0610. The van der Waals surface area contributed by atoms with Gasteiger partial charge in [-0.25, -0.2) is 4.39 Å². The van der Waals surface area contributed by atoms with Gasteiger partial charge in [0.05, 0.1) is 0 Å². The summed E-state index contributed by atoms with van der Waals surface area (Å²) < 4.78 is 14.0. The molecule has 5 heteroatoms. The third-order valence-corrected chi connectivity index (χ3v) is 5.52. The van der Waals surface area contributed by atoms with E-state index >= 15 is 0 Å². The first-order valence-corrected chi connectivity index (χ1v) is 9.81. The number of halogens is 1. The first-order chi connectivity index (χ1) is 12.4. The van der Waals surface area contributed by atoms with Gasteiger partial charge in [-0.05, 0) is 55.4 Å². The molecule has 1 saturated heterocycles. The van der Waals surface area contributed by atoms with Gasteiger partial charge < -0.3 is 9.80 Å². The van der Waals surface area contributed by atoms with Crippen molar-refractivity contribution in [3.05, 3.63) is 35.1 Å². The molecule has 1 heterocycles. The second kappa shape index (κ2) is 7.77. The summed E-state index contributed by atoms with van der Waals surface area (Å²) >= 11 is 0. The Morgan fingerprint density at radius 2 is 1.73 bits per heavy atom. The highest BCUT2D eigenvalue weighted by molar-refractivity contribution is 5.95. The van der Waals surface area contributed by atoms with Gasteiger partial charge in [0, 0.05) is 37.2 Å². The predicted octanol–water partition coefficient (Wildman–Crippen LogP) is 3.95. The fourth-order valence-corrected chi connectivity index (χ4v) is 3.82. The van der Waals surface area contributed by atoms with Crippen molar-refractivity contribution in [1.29, 1.82) is 0 Å². The van der Waals surface area contributed by atoms with Crippen LogP contribution >= 0.6 is 0 Å². The van der Waals surface area contributed by atoms with Crippen LogP contribution in [0.15, 0.2) is 18.2 Å². The molecule has 0 atom stereocenters. The number of hydrogen-bond acceptors (Lipinski definition) is 2. The van der Waals surface area contributed by atoms with Crippen LogP contribution in [0.4, 0.5) is 4.39 Å². The molecule has 1 aliphatic carbocycles. The number of carbonyl (C=O) groups excluding carboxylic acids is 2. The van der Waals surface area contributed by atoms with E-state index in [0.717, 1.165) is 31.2 Å². The summed E-state index contributed by atoms with van der Waals surface area (Å²) in [6.07, 6.45) is 4.18. The summed E-state index contributed by atoms with van der Waals surface area (Å²) in [4.78, 5) is 29.0. The number of piperidine rings is 1. The molecule has 0 N–H and O–H groups in total. The quantitative estimate of drug-likeness (QED) is 0.798. The van der Waals surface area contributed by atoms with E-state index in [4.69, 9.17) is 0 Å². The number of benzene rings is 1. The minimum atomic E-state index is -0.348. The second-order valence-corrected chi connectivity index (χ2v) is 7.84. The highest BCUT2D eigenvalue weighted by Gasteiger charge is 2.39. The molecular weight excluding hydrogens is 331 g/mol. The molecule has 142 valence electrons. The molecule has 0 aromatic heterocycles. The van der Waals surface area contributed by atoms with Crippen LogP contribution in [0.5, 0.6) is 0 Å². The van der Waals surface area contributed by atoms with Crippen LogP contribution in [-0.2, 0) is 4.79 Å². The Morgan fingerprint density at radius 3 is 2.27 bits per heavy atom. The van der Waals surface area contributed by atoms with E-state index in [1.165, 1.54) is 12.1 Å². The Labute approximate surface area is 155 Å². The van der Waals surface area contributed by atoms with Gasteiger partial charge in [0.25, 0.3) is 5.91 Å². The molecule has 2 aliphatic rings. The number of nitrogens with zero attached hydrogens (tertiary/aromatic N) is 2. The van der Waals surface area contributed by atoms with E-state index in [2.05, 4.69) is 0 Å². The molecule has 2 fully saturated rings. The van der Waals surface area contributed by atoms with E-state index in [1.807, 2.05) is 36.6 Å². The molecule has 26 heavy (non-hydrogen) atoms. The van der Waals surface area contributed by atoms with Gasteiger partial charge in [-0.2, -0.15) is 0 Å². The summed E-state index contributed by atoms with van der Waals surface area (Å²) in [5, 5.41) is 0. The monoisotopic (exact) mass is 360 g/mol. The van der Waals surface area contributed by atoms with E-state index < -0.39 is 0 Å². The fourth-order valence-electron chi connectivity index (χ4n) is 3.82. The highest BCUT2D eigenvalue weighted by Crippen LogP contribution is 2.34. The molecule has 0 spiro atoms. The maximum absolute atomic E-state index is 14.0. The summed E-state index contributed by atoms with van der Waals surface area (Å²) in [6.45, 7) is 7.29. The first-order valence-electron chi connectivity index (χ1n) is 9.81. The van der Waals surface area contributed by atoms with Crippen molar-refractivity contribution in [3.63, 3.8) is 0 Å². The van der Waals surface area contributed by atoms with Crippen molar-refractivity contribution >= 4 is 11.8 Å². The van der Waals surface area contributed by atoms with Gasteiger partial charge in [-0.1, -0.05) is 20.8 Å². The van der Waals surface area contributed by atoms with Gasteiger partial charge in [0.1, 0.15) is 5.82 Å². The number of hydrogen-bond donors (Lipinski definition) is 0. The summed E-state index contributed by atoms with van der Waals surface area (Å²) in [5.41, 5.74) is 1.31.